The summed E-state index contributed by atoms with van der Waals surface area (Å²) in [6, 6.07) is 9.52. The molecule has 0 radical (unpaired) electrons. The summed E-state index contributed by atoms with van der Waals surface area (Å²) in [5, 5.41) is 4.68. The van der Waals surface area contributed by atoms with Crippen molar-refractivity contribution in [1.29, 1.82) is 0 Å². The SMILES string of the molecule is CCNCc1ccc(Cl)cc1Oc1c(C)cc(Cl)cc1C. The number of aryl methyl sites for hydroxylation is 2. The van der Waals surface area contributed by atoms with Gasteiger partial charge in [0.15, 0.2) is 0 Å². The fraction of sp³-hybridized carbons (Fsp3) is 0.294. The molecule has 0 atom stereocenters. The second kappa shape index (κ2) is 7.17. The average molecular weight is 324 g/mol. The molecule has 0 saturated heterocycles. The Labute approximate surface area is 136 Å². The van der Waals surface area contributed by atoms with E-state index >= 15 is 0 Å². The quantitative estimate of drug-likeness (QED) is 0.783. The molecular weight excluding hydrogens is 305 g/mol. The third-order valence-electron chi connectivity index (χ3n) is 3.23. The van der Waals surface area contributed by atoms with Gasteiger partial charge in [0, 0.05) is 22.2 Å². The van der Waals surface area contributed by atoms with E-state index in [2.05, 4.69) is 12.2 Å². The molecule has 2 aromatic rings. The lowest BCUT2D eigenvalue weighted by atomic mass is 10.1. The largest absolute Gasteiger partial charge is 0.456 e. The van der Waals surface area contributed by atoms with E-state index < -0.39 is 0 Å². The van der Waals surface area contributed by atoms with E-state index in [0.29, 0.717) is 5.02 Å². The van der Waals surface area contributed by atoms with Gasteiger partial charge in [-0.2, -0.15) is 0 Å². The van der Waals surface area contributed by atoms with Gasteiger partial charge in [-0.15, -0.1) is 0 Å². The van der Waals surface area contributed by atoms with Crippen molar-refractivity contribution in [1.82, 2.24) is 5.32 Å². The molecule has 0 aliphatic heterocycles. The highest BCUT2D eigenvalue weighted by Crippen LogP contribution is 2.34. The first-order chi connectivity index (χ1) is 10.0. The molecule has 2 nitrogen and oxygen atoms in total. The number of hydrogen-bond donors (Lipinski definition) is 1. The van der Waals surface area contributed by atoms with Crippen molar-refractivity contribution in [3.63, 3.8) is 0 Å². The zero-order valence-electron chi connectivity index (χ0n) is 12.5. The standard InChI is InChI=1S/C17H19Cl2NO/c1-4-20-10-13-5-6-14(18)9-16(13)21-17-11(2)7-15(19)8-12(17)3/h5-9,20H,4,10H2,1-3H3. The van der Waals surface area contributed by atoms with Gasteiger partial charge in [0.1, 0.15) is 11.5 Å². The maximum atomic E-state index is 6.12. The molecule has 4 heteroatoms. The van der Waals surface area contributed by atoms with E-state index in [4.69, 9.17) is 27.9 Å². The molecule has 2 aromatic carbocycles. The van der Waals surface area contributed by atoms with Gasteiger partial charge >= 0.3 is 0 Å². The van der Waals surface area contributed by atoms with E-state index in [0.717, 1.165) is 46.3 Å². The van der Waals surface area contributed by atoms with Crippen LogP contribution in [0.5, 0.6) is 11.5 Å². The fourth-order valence-corrected chi connectivity index (χ4v) is 2.69. The van der Waals surface area contributed by atoms with Gasteiger partial charge in [-0.1, -0.05) is 36.2 Å². The van der Waals surface area contributed by atoms with Crippen molar-refractivity contribution in [2.45, 2.75) is 27.3 Å². The number of hydrogen-bond acceptors (Lipinski definition) is 2. The van der Waals surface area contributed by atoms with Crippen molar-refractivity contribution >= 4 is 23.2 Å². The number of halogens is 2. The highest BCUT2D eigenvalue weighted by atomic mass is 35.5. The molecule has 0 heterocycles. The topological polar surface area (TPSA) is 21.3 Å². The Kier molecular flexibility index (Phi) is 5.51. The number of rotatable bonds is 5. The van der Waals surface area contributed by atoms with E-state index in [1.165, 1.54) is 0 Å². The van der Waals surface area contributed by atoms with E-state index in [9.17, 15) is 0 Å². The zero-order chi connectivity index (χ0) is 15.4. The van der Waals surface area contributed by atoms with Crippen LogP contribution in [0.2, 0.25) is 10.0 Å². The van der Waals surface area contributed by atoms with Crippen LogP contribution in [0.3, 0.4) is 0 Å². The molecule has 0 unspecified atom stereocenters. The molecule has 1 N–H and O–H groups in total. The molecule has 2 rings (SSSR count). The molecule has 0 aliphatic carbocycles. The Morgan fingerprint density at radius 2 is 1.67 bits per heavy atom. The molecule has 0 amide bonds. The summed E-state index contributed by atoms with van der Waals surface area (Å²) in [5.74, 6) is 1.61. The van der Waals surface area contributed by atoms with Gasteiger partial charge in [0.2, 0.25) is 0 Å². The normalized spacial score (nSPS) is 10.7. The van der Waals surface area contributed by atoms with Crippen LogP contribution in [-0.2, 0) is 6.54 Å². The molecule has 112 valence electrons. The first kappa shape index (κ1) is 16.2. The van der Waals surface area contributed by atoms with Gasteiger partial charge < -0.3 is 10.1 Å². The van der Waals surface area contributed by atoms with Crippen molar-refractivity contribution < 1.29 is 4.74 Å². The lowest BCUT2D eigenvalue weighted by molar-refractivity contribution is 0.466. The molecule has 0 aliphatic rings. The first-order valence-electron chi connectivity index (χ1n) is 6.95. The molecule has 0 spiro atoms. The van der Waals surface area contributed by atoms with Crippen LogP contribution in [-0.4, -0.2) is 6.54 Å². The van der Waals surface area contributed by atoms with Crippen LogP contribution >= 0.6 is 23.2 Å². The molecular formula is C17H19Cl2NO. The number of nitrogens with one attached hydrogen (secondary N) is 1. The van der Waals surface area contributed by atoms with E-state index in [-0.39, 0.29) is 0 Å². The third kappa shape index (κ3) is 4.13. The van der Waals surface area contributed by atoms with Gasteiger partial charge in [-0.3, -0.25) is 0 Å². The minimum absolute atomic E-state index is 0.662. The maximum Gasteiger partial charge on any atom is 0.133 e. The lowest BCUT2D eigenvalue weighted by Crippen LogP contribution is -2.12. The summed E-state index contributed by atoms with van der Waals surface area (Å²) in [7, 11) is 0. The second-order valence-electron chi connectivity index (χ2n) is 5.00. The van der Waals surface area contributed by atoms with Crippen molar-refractivity contribution in [2.24, 2.45) is 0 Å². The Balaban J connectivity index is 2.36. The monoisotopic (exact) mass is 323 g/mol. The van der Waals surface area contributed by atoms with Gasteiger partial charge in [0.05, 0.1) is 0 Å². The maximum absolute atomic E-state index is 6.12. The minimum Gasteiger partial charge on any atom is -0.456 e. The van der Waals surface area contributed by atoms with Crippen LogP contribution in [0.15, 0.2) is 30.3 Å². The van der Waals surface area contributed by atoms with Crippen LogP contribution in [0.25, 0.3) is 0 Å². The summed E-state index contributed by atoms with van der Waals surface area (Å²) >= 11 is 12.2. The van der Waals surface area contributed by atoms with Crippen molar-refractivity contribution in [3.05, 3.63) is 57.1 Å². The predicted molar refractivity (Wildman–Crippen MR) is 89.8 cm³/mol. The van der Waals surface area contributed by atoms with Gasteiger partial charge in [-0.05, 0) is 55.8 Å². The Morgan fingerprint density at radius 1 is 1.00 bits per heavy atom. The highest BCUT2D eigenvalue weighted by Gasteiger charge is 2.11. The smallest absolute Gasteiger partial charge is 0.133 e. The molecule has 0 aromatic heterocycles. The summed E-state index contributed by atoms with van der Waals surface area (Å²) < 4.78 is 6.12. The van der Waals surface area contributed by atoms with Crippen molar-refractivity contribution in [2.75, 3.05) is 6.54 Å². The Hall–Kier alpha value is -1.22. The zero-order valence-corrected chi connectivity index (χ0v) is 14.0. The summed E-state index contributed by atoms with van der Waals surface area (Å²) in [6.07, 6.45) is 0. The highest BCUT2D eigenvalue weighted by molar-refractivity contribution is 6.31. The predicted octanol–water partition coefficient (Wildman–Crippen LogP) is 5.51. The van der Waals surface area contributed by atoms with Crippen LogP contribution in [0.1, 0.15) is 23.6 Å². The summed E-state index contributed by atoms with van der Waals surface area (Å²) in [6.45, 7) is 7.70. The van der Waals surface area contributed by atoms with E-state index in [1.807, 2.05) is 44.2 Å². The lowest BCUT2D eigenvalue weighted by Gasteiger charge is -2.16. The minimum atomic E-state index is 0.662. The Morgan fingerprint density at radius 3 is 2.29 bits per heavy atom. The van der Waals surface area contributed by atoms with Gasteiger partial charge in [-0.25, -0.2) is 0 Å². The number of ether oxygens (including phenoxy) is 1. The molecule has 0 bridgehead atoms. The average Bonchev–Trinajstić information content (AvgIpc) is 2.42. The van der Waals surface area contributed by atoms with Crippen LogP contribution in [0, 0.1) is 13.8 Å². The third-order valence-corrected chi connectivity index (χ3v) is 3.69. The summed E-state index contributed by atoms with van der Waals surface area (Å²) in [4.78, 5) is 0. The number of benzene rings is 2. The van der Waals surface area contributed by atoms with Crippen LogP contribution in [0.4, 0.5) is 0 Å². The van der Waals surface area contributed by atoms with Crippen molar-refractivity contribution in [3.8, 4) is 11.5 Å². The van der Waals surface area contributed by atoms with E-state index in [1.54, 1.807) is 0 Å². The molecule has 21 heavy (non-hydrogen) atoms. The van der Waals surface area contributed by atoms with Gasteiger partial charge in [0.25, 0.3) is 0 Å². The summed E-state index contributed by atoms with van der Waals surface area (Å²) in [5.41, 5.74) is 3.10. The molecule has 0 saturated carbocycles. The Bertz CT molecular complexity index is 618. The fourth-order valence-electron chi connectivity index (χ4n) is 2.20. The first-order valence-corrected chi connectivity index (χ1v) is 7.70. The second-order valence-corrected chi connectivity index (χ2v) is 5.88. The van der Waals surface area contributed by atoms with Crippen LogP contribution < -0.4 is 10.1 Å². The molecule has 0 fully saturated rings.